The van der Waals surface area contributed by atoms with Gasteiger partial charge in [-0.15, -0.1) is 0 Å². The summed E-state index contributed by atoms with van der Waals surface area (Å²) in [5, 5.41) is 15.2. The quantitative estimate of drug-likeness (QED) is 0.835. The number of hydrogen-bond donors (Lipinski definition) is 2. The molecule has 2 heterocycles. The van der Waals surface area contributed by atoms with Gasteiger partial charge in [-0.3, -0.25) is 9.80 Å². The van der Waals surface area contributed by atoms with Crippen molar-refractivity contribution in [3.05, 3.63) is 75.9 Å². The van der Waals surface area contributed by atoms with Crippen LogP contribution in [0.3, 0.4) is 0 Å². The number of hydrogen-bond acceptors (Lipinski definition) is 5. The molecule has 2 N–H and O–H groups in total. The average Bonchev–Trinajstić information content (AvgIpc) is 3.49. The normalized spacial score (nSPS) is 24.0. The lowest BCUT2D eigenvalue weighted by Crippen LogP contribution is -2.56. The van der Waals surface area contributed by atoms with Crippen molar-refractivity contribution in [2.45, 2.75) is 31.5 Å². The lowest BCUT2D eigenvalue weighted by Gasteiger charge is -2.38. The maximum Gasteiger partial charge on any atom is 0.178 e. The molecule has 1 saturated carbocycles. The van der Waals surface area contributed by atoms with Crippen LogP contribution < -0.4 is 10.7 Å². The van der Waals surface area contributed by atoms with Crippen molar-refractivity contribution in [2.75, 3.05) is 0 Å². The van der Waals surface area contributed by atoms with Crippen LogP contribution in [0.4, 0.5) is 0 Å². The molecule has 0 spiro atoms. The van der Waals surface area contributed by atoms with E-state index in [9.17, 15) is 4.79 Å². The molecule has 3 aliphatic rings. The number of carbonyl (C=O) groups excluding carboxylic acids is 1. The van der Waals surface area contributed by atoms with Gasteiger partial charge in [-0.2, -0.15) is 5.26 Å². The van der Waals surface area contributed by atoms with E-state index in [4.69, 9.17) is 16.9 Å². The molecular formula is C22H19ClN4O. The Bertz CT molecular complexity index is 1000. The largest absolute Gasteiger partial charge is 0.359 e. The molecule has 0 radical (unpaired) electrons. The molecule has 0 bridgehead atoms. The molecule has 2 aromatic carbocycles. The van der Waals surface area contributed by atoms with Crippen LogP contribution in [-0.2, 0) is 4.79 Å². The van der Waals surface area contributed by atoms with Gasteiger partial charge in [-0.05, 0) is 42.7 Å². The first-order valence-corrected chi connectivity index (χ1v) is 9.86. The van der Waals surface area contributed by atoms with Gasteiger partial charge < -0.3 is 5.32 Å². The summed E-state index contributed by atoms with van der Waals surface area (Å²) < 4.78 is 0. The Kier molecular flexibility index (Phi) is 4.12. The Labute approximate surface area is 168 Å². The minimum Gasteiger partial charge on any atom is -0.359 e. The molecule has 1 aliphatic carbocycles. The van der Waals surface area contributed by atoms with E-state index in [1.54, 1.807) is 12.1 Å². The number of nitrogens with one attached hydrogen (secondary N) is 2. The summed E-state index contributed by atoms with van der Waals surface area (Å²) in [5.41, 5.74) is 8.40. The molecule has 5 nitrogen and oxygen atoms in total. The molecular weight excluding hydrogens is 372 g/mol. The highest BCUT2D eigenvalue weighted by molar-refractivity contribution is 6.30. The van der Waals surface area contributed by atoms with Crippen molar-refractivity contribution in [3.8, 4) is 6.07 Å². The van der Waals surface area contributed by atoms with Crippen molar-refractivity contribution in [3.63, 3.8) is 0 Å². The zero-order valence-electron chi connectivity index (χ0n) is 15.2. The molecule has 2 atom stereocenters. The van der Waals surface area contributed by atoms with Gasteiger partial charge in [-0.25, -0.2) is 5.43 Å². The number of ketones is 1. The second kappa shape index (κ2) is 6.66. The second-order valence-corrected chi connectivity index (χ2v) is 7.98. The Balaban J connectivity index is 1.51. The number of hydrazine groups is 1. The zero-order chi connectivity index (χ0) is 19.3. The summed E-state index contributed by atoms with van der Waals surface area (Å²) in [6.07, 6.45) is 2.32. The van der Waals surface area contributed by atoms with Crippen molar-refractivity contribution < 1.29 is 4.79 Å². The smallest absolute Gasteiger partial charge is 0.178 e. The highest BCUT2D eigenvalue weighted by Crippen LogP contribution is 2.44. The molecule has 2 unspecified atom stereocenters. The summed E-state index contributed by atoms with van der Waals surface area (Å²) in [5.74, 6) is 0.648. The topological polar surface area (TPSA) is 68.2 Å². The zero-order valence-corrected chi connectivity index (χ0v) is 15.9. The summed E-state index contributed by atoms with van der Waals surface area (Å²) in [6, 6.07) is 17.2. The highest BCUT2D eigenvalue weighted by atomic mass is 35.5. The Morgan fingerprint density at radius 1 is 1.07 bits per heavy atom. The third-order valence-electron chi connectivity index (χ3n) is 5.60. The summed E-state index contributed by atoms with van der Waals surface area (Å²) in [7, 11) is 0. The van der Waals surface area contributed by atoms with Crippen molar-refractivity contribution in [2.24, 2.45) is 5.92 Å². The van der Waals surface area contributed by atoms with Gasteiger partial charge in [0.1, 0.15) is 0 Å². The molecule has 0 aromatic heterocycles. The third kappa shape index (κ3) is 2.95. The Morgan fingerprint density at radius 2 is 1.79 bits per heavy atom. The SMILES string of the molecule is N#Cc1ccc(C2CC(=O)C3NC(C4CC4)=C(c4ccc(Cl)cc4)N3N2)cc1. The van der Waals surface area contributed by atoms with Gasteiger partial charge in [0.15, 0.2) is 11.9 Å². The highest BCUT2D eigenvalue weighted by Gasteiger charge is 2.45. The number of Topliss-reactive ketones (excluding diaryl/α,β-unsaturated/α-hetero) is 1. The van der Waals surface area contributed by atoms with Gasteiger partial charge in [-0.1, -0.05) is 35.9 Å². The van der Waals surface area contributed by atoms with E-state index in [2.05, 4.69) is 16.8 Å². The van der Waals surface area contributed by atoms with Gasteiger partial charge in [0, 0.05) is 28.6 Å². The number of nitrogens with zero attached hydrogens (tertiary/aromatic N) is 2. The second-order valence-electron chi connectivity index (χ2n) is 7.55. The molecule has 2 aromatic rings. The minimum atomic E-state index is -0.379. The predicted molar refractivity (Wildman–Crippen MR) is 107 cm³/mol. The molecule has 6 heteroatoms. The van der Waals surface area contributed by atoms with E-state index >= 15 is 0 Å². The van der Waals surface area contributed by atoms with Crippen molar-refractivity contribution in [1.82, 2.24) is 15.8 Å². The van der Waals surface area contributed by atoms with Gasteiger partial charge in [0.2, 0.25) is 0 Å². The number of fused-ring (bicyclic) bond motifs is 1. The first kappa shape index (κ1) is 17.3. The predicted octanol–water partition coefficient (Wildman–Crippen LogP) is 3.74. The van der Waals surface area contributed by atoms with E-state index < -0.39 is 0 Å². The number of carbonyl (C=O) groups is 1. The van der Waals surface area contributed by atoms with Crippen LogP contribution in [0.5, 0.6) is 0 Å². The Morgan fingerprint density at radius 3 is 2.43 bits per heavy atom. The van der Waals surface area contributed by atoms with Gasteiger partial charge in [0.05, 0.1) is 23.4 Å². The van der Waals surface area contributed by atoms with Crippen LogP contribution in [-0.4, -0.2) is 17.0 Å². The fraction of sp³-hybridized carbons (Fsp3) is 0.273. The monoisotopic (exact) mass is 390 g/mol. The number of allylic oxidation sites excluding steroid dienone is 1. The van der Waals surface area contributed by atoms with Crippen LogP contribution in [0.2, 0.25) is 5.02 Å². The maximum absolute atomic E-state index is 13.0. The molecule has 28 heavy (non-hydrogen) atoms. The fourth-order valence-corrected chi connectivity index (χ4v) is 4.12. The molecule has 2 fully saturated rings. The first-order chi connectivity index (χ1) is 13.6. The third-order valence-corrected chi connectivity index (χ3v) is 5.85. The number of nitriles is 1. The van der Waals surface area contributed by atoms with Gasteiger partial charge >= 0.3 is 0 Å². The lowest BCUT2D eigenvalue weighted by molar-refractivity contribution is -0.128. The number of rotatable bonds is 3. The first-order valence-electron chi connectivity index (χ1n) is 9.49. The van der Waals surface area contributed by atoms with Crippen molar-refractivity contribution >= 4 is 23.1 Å². The summed E-state index contributed by atoms with van der Waals surface area (Å²) >= 11 is 6.08. The van der Waals surface area contributed by atoms with Crippen LogP contribution in [0.25, 0.3) is 5.70 Å². The molecule has 5 rings (SSSR count). The Hall–Kier alpha value is -2.81. The fourth-order valence-electron chi connectivity index (χ4n) is 4.00. The minimum absolute atomic E-state index is 0.126. The molecule has 2 aliphatic heterocycles. The lowest BCUT2D eigenvalue weighted by atomic mass is 9.97. The van der Waals surface area contributed by atoms with Crippen molar-refractivity contribution in [1.29, 1.82) is 5.26 Å². The molecule has 140 valence electrons. The van der Waals surface area contributed by atoms with Crippen LogP contribution in [0.1, 0.15) is 42.0 Å². The number of benzene rings is 2. The molecule has 1 saturated heterocycles. The standard InChI is InChI=1S/C22H19ClN4O/c23-17-9-7-16(8-10-17)21-20(15-5-6-15)25-22-19(28)11-18(26-27(21)22)14-3-1-13(12-24)2-4-14/h1-4,7-10,15,18,22,25-26H,5-6,11H2. The summed E-state index contributed by atoms with van der Waals surface area (Å²) in [4.78, 5) is 13.0. The molecule has 0 amide bonds. The number of halogens is 1. The van der Waals surface area contributed by atoms with E-state index in [0.717, 1.165) is 35.4 Å². The van der Waals surface area contributed by atoms with E-state index in [1.165, 1.54) is 0 Å². The van der Waals surface area contributed by atoms with E-state index in [0.29, 0.717) is 22.9 Å². The van der Waals surface area contributed by atoms with Crippen LogP contribution in [0, 0.1) is 17.2 Å². The van der Waals surface area contributed by atoms with Crippen LogP contribution in [0.15, 0.2) is 54.2 Å². The van der Waals surface area contributed by atoms with Gasteiger partial charge in [0.25, 0.3) is 0 Å². The summed E-state index contributed by atoms with van der Waals surface area (Å²) in [6.45, 7) is 0. The van der Waals surface area contributed by atoms with E-state index in [-0.39, 0.29) is 18.0 Å². The average molecular weight is 391 g/mol. The maximum atomic E-state index is 13.0. The van der Waals surface area contributed by atoms with E-state index in [1.807, 2.05) is 41.4 Å². The van der Waals surface area contributed by atoms with Crippen LogP contribution >= 0.6 is 11.6 Å².